The minimum atomic E-state index is -0.279. The van der Waals surface area contributed by atoms with E-state index in [0.29, 0.717) is 42.3 Å². The summed E-state index contributed by atoms with van der Waals surface area (Å²) in [5.41, 5.74) is 6.46. The topological polar surface area (TPSA) is 80.6 Å². The predicted molar refractivity (Wildman–Crippen MR) is 117 cm³/mol. The standard InChI is InChI=1S/C24H20FN5O2/c1-13-2-3-14-9-26-23(31)21-22-18(16(14)8-13)11-28-24(30(22)12-29-21)27-10-17-15-6-7-32-20(15)5-4-19(17)25/h2-5,8,11-12H,6-7,9-10H2,1H3,(H,26,31)(H,27,28). The van der Waals surface area contributed by atoms with Gasteiger partial charge >= 0.3 is 0 Å². The summed E-state index contributed by atoms with van der Waals surface area (Å²) >= 11 is 0. The zero-order valence-electron chi connectivity index (χ0n) is 17.4. The maximum atomic E-state index is 14.6. The molecule has 0 unspecified atom stereocenters. The molecule has 0 atom stereocenters. The van der Waals surface area contributed by atoms with Gasteiger partial charge in [0.25, 0.3) is 5.91 Å². The molecule has 0 spiro atoms. The minimum Gasteiger partial charge on any atom is -0.493 e. The molecule has 0 saturated heterocycles. The first kappa shape index (κ1) is 18.8. The number of ether oxygens (including phenoxy) is 1. The number of hydrogen-bond donors (Lipinski definition) is 2. The number of anilines is 1. The van der Waals surface area contributed by atoms with Gasteiger partial charge in [0, 0.05) is 42.4 Å². The molecule has 0 radical (unpaired) electrons. The third-order valence-electron chi connectivity index (χ3n) is 6.14. The van der Waals surface area contributed by atoms with E-state index in [0.717, 1.165) is 33.6 Å². The number of benzene rings is 2. The molecule has 8 heteroatoms. The normalized spacial score (nSPS) is 14.2. The monoisotopic (exact) mass is 429 g/mol. The van der Waals surface area contributed by atoms with Gasteiger partial charge < -0.3 is 15.4 Å². The van der Waals surface area contributed by atoms with Crippen LogP contribution in [-0.2, 0) is 19.5 Å². The van der Waals surface area contributed by atoms with Crippen molar-refractivity contribution < 1.29 is 13.9 Å². The molecule has 32 heavy (non-hydrogen) atoms. The minimum absolute atomic E-state index is 0.235. The number of imidazole rings is 1. The number of carbonyl (C=O) groups is 1. The van der Waals surface area contributed by atoms with Crippen LogP contribution in [0.15, 0.2) is 42.9 Å². The van der Waals surface area contributed by atoms with Crippen LogP contribution < -0.4 is 15.4 Å². The van der Waals surface area contributed by atoms with Crippen LogP contribution in [0.25, 0.3) is 16.6 Å². The number of carbonyl (C=O) groups excluding carboxylic acids is 1. The molecule has 2 aromatic heterocycles. The molecule has 4 heterocycles. The first-order chi connectivity index (χ1) is 15.6. The Morgan fingerprint density at radius 1 is 1.22 bits per heavy atom. The molecule has 0 bridgehead atoms. The SMILES string of the molecule is Cc1ccc2c(c1)-c1cnc(NCc3c(F)ccc4c3CCO4)n3cnc(c13)C(=O)NC2. The third-order valence-corrected chi connectivity index (χ3v) is 6.14. The fourth-order valence-electron chi connectivity index (χ4n) is 4.54. The van der Waals surface area contributed by atoms with E-state index in [1.165, 1.54) is 6.07 Å². The van der Waals surface area contributed by atoms with Gasteiger partial charge in [0.1, 0.15) is 17.9 Å². The molecule has 7 nitrogen and oxygen atoms in total. The Hall–Kier alpha value is -3.94. The average Bonchev–Trinajstić information content (AvgIpc) is 3.44. The van der Waals surface area contributed by atoms with Gasteiger partial charge in [-0.1, -0.05) is 23.8 Å². The van der Waals surface area contributed by atoms with Crippen molar-refractivity contribution in [3.05, 3.63) is 76.6 Å². The Labute approximate surface area is 183 Å². The van der Waals surface area contributed by atoms with Crippen LogP contribution in [0.2, 0.25) is 0 Å². The Balaban J connectivity index is 1.46. The molecule has 2 N–H and O–H groups in total. The fourth-order valence-corrected chi connectivity index (χ4v) is 4.54. The summed E-state index contributed by atoms with van der Waals surface area (Å²) in [4.78, 5) is 21.7. The number of nitrogens with zero attached hydrogens (tertiary/aromatic N) is 3. The molecule has 0 aliphatic carbocycles. The van der Waals surface area contributed by atoms with Crippen molar-refractivity contribution in [3.63, 3.8) is 0 Å². The van der Waals surface area contributed by atoms with Crippen molar-refractivity contribution in [2.24, 2.45) is 0 Å². The molecular weight excluding hydrogens is 409 g/mol. The first-order valence-corrected chi connectivity index (χ1v) is 10.5. The van der Waals surface area contributed by atoms with E-state index < -0.39 is 0 Å². The van der Waals surface area contributed by atoms with Gasteiger partial charge in [0.15, 0.2) is 5.69 Å². The van der Waals surface area contributed by atoms with E-state index in [-0.39, 0.29) is 18.3 Å². The van der Waals surface area contributed by atoms with E-state index in [4.69, 9.17) is 4.74 Å². The second-order valence-electron chi connectivity index (χ2n) is 8.11. The van der Waals surface area contributed by atoms with E-state index >= 15 is 0 Å². The number of fused-ring (bicyclic) bond motifs is 3. The van der Waals surface area contributed by atoms with Crippen LogP contribution >= 0.6 is 0 Å². The summed E-state index contributed by atoms with van der Waals surface area (Å²) in [6.07, 6.45) is 4.02. The second kappa shape index (κ2) is 7.05. The van der Waals surface area contributed by atoms with Crippen LogP contribution in [0.5, 0.6) is 5.75 Å². The third kappa shape index (κ3) is 2.83. The number of halogens is 1. The summed E-state index contributed by atoms with van der Waals surface area (Å²) in [7, 11) is 0. The molecule has 160 valence electrons. The van der Waals surface area contributed by atoms with Crippen molar-refractivity contribution >= 4 is 17.4 Å². The van der Waals surface area contributed by atoms with Gasteiger partial charge in [0.2, 0.25) is 5.95 Å². The molecule has 1 amide bonds. The quantitative estimate of drug-likeness (QED) is 0.520. The number of aromatic nitrogens is 3. The highest BCUT2D eigenvalue weighted by Gasteiger charge is 2.24. The maximum Gasteiger partial charge on any atom is 0.272 e. The van der Waals surface area contributed by atoms with Crippen molar-refractivity contribution in [1.82, 2.24) is 19.7 Å². The lowest BCUT2D eigenvalue weighted by atomic mass is 9.96. The van der Waals surface area contributed by atoms with Gasteiger partial charge in [-0.05, 0) is 30.2 Å². The molecule has 0 fully saturated rings. The number of nitrogens with one attached hydrogen (secondary N) is 2. The summed E-state index contributed by atoms with van der Waals surface area (Å²) in [6.45, 7) is 3.26. The Bertz CT molecular complexity index is 1410. The number of amides is 1. The molecule has 4 aromatic rings. The Kier molecular flexibility index (Phi) is 4.14. The molecule has 6 rings (SSSR count). The lowest BCUT2D eigenvalue weighted by Crippen LogP contribution is -2.25. The highest BCUT2D eigenvalue weighted by atomic mass is 19.1. The lowest BCUT2D eigenvalue weighted by molar-refractivity contribution is 0.0948. The first-order valence-electron chi connectivity index (χ1n) is 10.5. The predicted octanol–water partition coefficient (Wildman–Crippen LogP) is 3.63. The van der Waals surface area contributed by atoms with Gasteiger partial charge in [-0.3, -0.25) is 9.20 Å². The Morgan fingerprint density at radius 2 is 2.12 bits per heavy atom. The van der Waals surface area contributed by atoms with Crippen LogP contribution in [0.4, 0.5) is 10.3 Å². The number of rotatable bonds is 3. The molecule has 0 saturated carbocycles. The average molecular weight is 429 g/mol. The van der Waals surface area contributed by atoms with Crippen LogP contribution in [-0.4, -0.2) is 26.9 Å². The molecule has 2 aromatic carbocycles. The van der Waals surface area contributed by atoms with Crippen molar-refractivity contribution in [3.8, 4) is 16.9 Å². The van der Waals surface area contributed by atoms with Crippen LogP contribution in [0.3, 0.4) is 0 Å². The zero-order valence-corrected chi connectivity index (χ0v) is 17.4. The van der Waals surface area contributed by atoms with Gasteiger partial charge in [-0.2, -0.15) is 0 Å². The van der Waals surface area contributed by atoms with Crippen molar-refractivity contribution in [2.45, 2.75) is 26.4 Å². The number of hydrogen-bond acceptors (Lipinski definition) is 5. The lowest BCUT2D eigenvalue weighted by Gasteiger charge is -2.18. The Morgan fingerprint density at radius 3 is 3.03 bits per heavy atom. The summed E-state index contributed by atoms with van der Waals surface area (Å²) in [5, 5.41) is 6.18. The van der Waals surface area contributed by atoms with E-state index in [1.54, 1.807) is 23.0 Å². The molecule has 2 aliphatic heterocycles. The summed E-state index contributed by atoms with van der Waals surface area (Å²) < 4.78 is 21.9. The van der Waals surface area contributed by atoms with E-state index in [9.17, 15) is 9.18 Å². The molecule has 2 aliphatic rings. The smallest absolute Gasteiger partial charge is 0.272 e. The van der Waals surface area contributed by atoms with Gasteiger partial charge in [-0.15, -0.1) is 0 Å². The highest BCUT2D eigenvalue weighted by molar-refractivity contribution is 6.04. The zero-order chi connectivity index (χ0) is 21.8. The van der Waals surface area contributed by atoms with E-state index in [2.05, 4.69) is 26.7 Å². The summed E-state index contributed by atoms with van der Waals surface area (Å²) in [5.74, 6) is 0.702. The highest BCUT2D eigenvalue weighted by Crippen LogP contribution is 2.34. The molecular formula is C24H20FN5O2. The van der Waals surface area contributed by atoms with Crippen LogP contribution in [0.1, 0.15) is 32.7 Å². The summed E-state index contributed by atoms with van der Waals surface area (Å²) in [6, 6.07) is 9.25. The van der Waals surface area contributed by atoms with Gasteiger partial charge in [-0.25, -0.2) is 14.4 Å². The largest absolute Gasteiger partial charge is 0.493 e. The van der Waals surface area contributed by atoms with Crippen molar-refractivity contribution in [1.29, 1.82) is 0 Å². The fraction of sp³-hybridized carbons (Fsp3) is 0.208. The van der Waals surface area contributed by atoms with E-state index in [1.807, 2.05) is 19.1 Å². The van der Waals surface area contributed by atoms with Crippen LogP contribution in [0, 0.1) is 12.7 Å². The van der Waals surface area contributed by atoms with Crippen molar-refractivity contribution in [2.75, 3.05) is 11.9 Å². The maximum absolute atomic E-state index is 14.6. The van der Waals surface area contributed by atoms with Gasteiger partial charge in [0.05, 0.1) is 12.1 Å². The number of aryl methyl sites for hydroxylation is 1. The second-order valence-corrected chi connectivity index (χ2v) is 8.11.